The van der Waals surface area contributed by atoms with E-state index in [4.69, 9.17) is 10.00 Å². The van der Waals surface area contributed by atoms with E-state index in [0.29, 0.717) is 17.1 Å². The molecule has 0 spiro atoms. The fourth-order valence-electron chi connectivity index (χ4n) is 1.72. The van der Waals surface area contributed by atoms with Crippen molar-refractivity contribution in [3.63, 3.8) is 0 Å². The van der Waals surface area contributed by atoms with Gasteiger partial charge in [0.15, 0.2) is 0 Å². The highest BCUT2D eigenvalue weighted by Gasteiger charge is 2.08. The molecule has 1 aromatic carbocycles. The van der Waals surface area contributed by atoms with E-state index in [1.54, 1.807) is 29.6 Å². The molecule has 2 rings (SSSR count). The van der Waals surface area contributed by atoms with Crippen molar-refractivity contribution in [2.75, 3.05) is 20.7 Å². The number of hydrogen-bond acceptors (Lipinski definition) is 7. The molecule has 0 aliphatic heterocycles. The molecule has 0 atom stereocenters. The first kappa shape index (κ1) is 15.3. The van der Waals surface area contributed by atoms with E-state index in [0.717, 1.165) is 23.8 Å². The van der Waals surface area contributed by atoms with Gasteiger partial charge >= 0.3 is 0 Å². The Labute approximate surface area is 127 Å². The van der Waals surface area contributed by atoms with Crippen molar-refractivity contribution in [1.29, 1.82) is 5.26 Å². The van der Waals surface area contributed by atoms with Crippen LogP contribution in [0.2, 0.25) is 0 Å². The van der Waals surface area contributed by atoms with Crippen molar-refractivity contribution in [3.05, 3.63) is 29.3 Å². The van der Waals surface area contributed by atoms with Crippen molar-refractivity contribution in [3.8, 4) is 11.8 Å². The van der Waals surface area contributed by atoms with Crippen LogP contribution in [0.15, 0.2) is 23.4 Å². The predicted octanol–water partition coefficient (Wildman–Crippen LogP) is 1.07. The zero-order chi connectivity index (χ0) is 15.1. The minimum absolute atomic E-state index is 0.533. The molecule has 0 aliphatic carbocycles. The molecule has 2 aromatic rings. The summed E-state index contributed by atoms with van der Waals surface area (Å²) in [5.74, 6) is 1.30. The van der Waals surface area contributed by atoms with Crippen LogP contribution < -0.4 is 10.1 Å². The average Bonchev–Trinajstić information content (AvgIpc) is 2.97. The zero-order valence-electron chi connectivity index (χ0n) is 11.9. The lowest BCUT2D eigenvalue weighted by molar-refractivity contribution is 0.413. The van der Waals surface area contributed by atoms with Crippen LogP contribution in [0.1, 0.15) is 11.1 Å². The summed E-state index contributed by atoms with van der Waals surface area (Å²) >= 11 is 1.55. The number of ether oxygens (including phenoxy) is 1. The standard InChI is InChI=1S/C13H16N6OS/c1-15-5-6-19-13(16-17-18-19)21-9-10-3-4-11(8-14)12(7-10)20-2/h3-4,7,15H,5-6,9H2,1-2H3. The Balaban J connectivity index is 2.03. The summed E-state index contributed by atoms with van der Waals surface area (Å²) in [7, 11) is 3.45. The third kappa shape index (κ3) is 3.93. The molecule has 1 heterocycles. The van der Waals surface area contributed by atoms with Crippen LogP contribution >= 0.6 is 11.8 Å². The largest absolute Gasteiger partial charge is 0.495 e. The van der Waals surface area contributed by atoms with Crippen LogP contribution in [-0.4, -0.2) is 40.9 Å². The topological polar surface area (TPSA) is 88.7 Å². The summed E-state index contributed by atoms with van der Waals surface area (Å²) < 4.78 is 6.97. The number of nitrogens with zero attached hydrogens (tertiary/aromatic N) is 5. The predicted molar refractivity (Wildman–Crippen MR) is 79.0 cm³/mol. The Bertz CT molecular complexity index is 636. The van der Waals surface area contributed by atoms with E-state index in [-0.39, 0.29) is 0 Å². The first-order valence-corrected chi connectivity index (χ1v) is 7.37. The Morgan fingerprint density at radius 1 is 1.48 bits per heavy atom. The second-order valence-electron chi connectivity index (χ2n) is 4.22. The number of methoxy groups -OCH3 is 1. The molecule has 0 saturated heterocycles. The van der Waals surface area contributed by atoms with Gasteiger partial charge in [-0.2, -0.15) is 5.26 Å². The Kier molecular flexibility index (Phi) is 5.54. The minimum atomic E-state index is 0.533. The zero-order valence-corrected chi connectivity index (χ0v) is 12.7. The summed E-state index contributed by atoms with van der Waals surface area (Å²) in [5.41, 5.74) is 1.59. The normalized spacial score (nSPS) is 10.3. The van der Waals surface area contributed by atoms with E-state index in [2.05, 4.69) is 26.9 Å². The number of hydrogen-bond donors (Lipinski definition) is 1. The molecule has 0 unspecified atom stereocenters. The number of nitriles is 1. The van der Waals surface area contributed by atoms with Crippen LogP contribution in [0, 0.1) is 11.3 Å². The summed E-state index contributed by atoms with van der Waals surface area (Å²) in [6.45, 7) is 1.53. The van der Waals surface area contributed by atoms with E-state index >= 15 is 0 Å². The summed E-state index contributed by atoms with van der Waals surface area (Å²) in [5, 5.41) is 24.5. The van der Waals surface area contributed by atoms with Gasteiger partial charge in [-0.3, -0.25) is 0 Å². The highest BCUT2D eigenvalue weighted by atomic mass is 32.2. The van der Waals surface area contributed by atoms with E-state index in [1.165, 1.54) is 0 Å². The molecule has 0 aliphatic rings. The lowest BCUT2D eigenvalue weighted by Gasteiger charge is -2.06. The maximum Gasteiger partial charge on any atom is 0.209 e. The van der Waals surface area contributed by atoms with Gasteiger partial charge in [0.05, 0.1) is 19.2 Å². The van der Waals surface area contributed by atoms with Gasteiger partial charge in [-0.25, -0.2) is 4.68 Å². The molecule has 1 N–H and O–H groups in total. The number of rotatable bonds is 7. The molecule has 7 nitrogen and oxygen atoms in total. The molecule has 21 heavy (non-hydrogen) atoms. The highest BCUT2D eigenvalue weighted by molar-refractivity contribution is 7.98. The highest BCUT2D eigenvalue weighted by Crippen LogP contribution is 2.24. The fraction of sp³-hybridized carbons (Fsp3) is 0.385. The third-order valence-electron chi connectivity index (χ3n) is 2.83. The van der Waals surface area contributed by atoms with Crippen molar-refractivity contribution in [1.82, 2.24) is 25.5 Å². The lowest BCUT2D eigenvalue weighted by Crippen LogP contribution is -2.16. The van der Waals surface area contributed by atoms with Crippen LogP contribution in [0.5, 0.6) is 5.75 Å². The number of nitrogens with one attached hydrogen (secondary N) is 1. The van der Waals surface area contributed by atoms with Crippen LogP contribution in [0.3, 0.4) is 0 Å². The Morgan fingerprint density at radius 2 is 2.33 bits per heavy atom. The van der Waals surface area contributed by atoms with E-state index < -0.39 is 0 Å². The van der Waals surface area contributed by atoms with Crippen molar-refractivity contribution in [2.24, 2.45) is 0 Å². The van der Waals surface area contributed by atoms with Gasteiger partial charge in [-0.15, -0.1) is 5.10 Å². The quantitative estimate of drug-likeness (QED) is 0.765. The maximum absolute atomic E-state index is 8.97. The number of benzene rings is 1. The molecule has 0 bridgehead atoms. The molecule has 110 valence electrons. The Morgan fingerprint density at radius 3 is 3.05 bits per heavy atom. The smallest absolute Gasteiger partial charge is 0.209 e. The van der Waals surface area contributed by atoms with E-state index in [9.17, 15) is 0 Å². The lowest BCUT2D eigenvalue weighted by atomic mass is 10.1. The monoisotopic (exact) mass is 304 g/mol. The molecule has 0 saturated carbocycles. The van der Waals surface area contributed by atoms with E-state index in [1.807, 2.05) is 19.2 Å². The van der Waals surface area contributed by atoms with Crippen LogP contribution in [-0.2, 0) is 12.3 Å². The third-order valence-corrected chi connectivity index (χ3v) is 3.86. The molecule has 0 radical (unpaired) electrons. The maximum atomic E-state index is 8.97. The summed E-state index contributed by atoms with van der Waals surface area (Å²) in [6, 6.07) is 7.64. The molecular formula is C13H16N6OS. The first-order chi connectivity index (χ1) is 10.3. The van der Waals surface area contributed by atoms with Gasteiger partial charge in [0.1, 0.15) is 11.8 Å². The fourth-order valence-corrected chi connectivity index (χ4v) is 2.57. The van der Waals surface area contributed by atoms with Gasteiger partial charge in [-0.05, 0) is 35.2 Å². The van der Waals surface area contributed by atoms with Crippen molar-refractivity contribution >= 4 is 11.8 Å². The minimum Gasteiger partial charge on any atom is -0.495 e. The first-order valence-electron chi connectivity index (χ1n) is 6.39. The molecule has 0 fully saturated rings. The van der Waals surface area contributed by atoms with Gasteiger partial charge in [0, 0.05) is 12.3 Å². The SMILES string of the molecule is CNCCn1nnnc1SCc1ccc(C#N)c(OC)c1. The van der Waals surface area contributed by atoms with Crippen molar-refractivity contribution < 1.29 is 4.74 Å². The number of thioether (sulfide) groups is 1. The summed E-state index contributed by atoms with van der Waals surface area (Å²) in [4.78, 5) is 0. The van der Waals surface area contributed by atoms with Gasteiger partial charge in [0.25, 0.3) is 0 Å². The Hall–Kier alpha value is -2.11. The molecule has 8 heteroatoms. The van der Waals surface area contributed by atoms with Gasteiger partial charge in [-0.1, -0.05) is 17.8 Å². The molecule has 0 amide bonds. The average molecular weight is 304 g/mol. The van der Waals surface area contributed by atoms with Crippen LogP contribution in [0.4, 0.5) is 0 Å². The number of likely N-dealkylation sites (N-methyl/N-ethyl adjacent to an activating group) is 1. The van der Waals surface area contributed by atoms with Gasteiger partial charge < -0.3 is 10.1 Å². The van der Waals surface area contributed by atoms with Gasteiger partial charge in [0.2, 0.25) is 5.16 Å². The molecular weight excluding hydrogens is 288 g/mol. The second kappa shape index (κ2) is 7.61. The number of aromatic nitrogens is 4. The number of tetrazole rings is 1. The molecule has 1 aromatic heterocycles. The van der Waals surface area contributed by atoms with Crippen LogP contribution in [0.25, 0.3) is 0 Å². The summed E-state index contributed by atoms with van der Waals surface area (Å²) in [6.07, 6.45) is 0. The van der Waals surface area contributed by atoms with Crippen molar-refractivity contribution in [2.45, 2.75) is 17.5 Å². The second-order valence-corrected chi connectivity index (χ2v) is 5.17.